The lowest BCUT2D eigenvalue weighted by atomic mass is 10.3. The fourth-order valence-corrected chi connectivity index (χ4v) is 2.27. The summed E-state index contributed by atoms with van der Waals surface area (Å²) in [6, 6.07) is 7.20. The molecule has 0 spiro atoms. The van der Waals surface area contributed by atoms with Gasteiger partial charge in [-0.3, -0.25) is 10.1 Å². The van der Waals surface area contributed by atoms with Gasteiger partial charge >= 0.3 is 6.01 Å². The number of ether oxygens (including phenoxy) is 1. The van der Waals surface area contributed by atoms with Gasteiger partial charge in [-0.05, 0) is 38.1 Å². The molecule has 0 aliphatic carbocycles. The Bertz CT molecular complexity index is 923. The van der Waals surface area contributed by atoms with E-state index in [2.05, 4.69) is 25.4 Å². The predicted octanol–water partition coefficient (Wildman–Crippen LogP) is 3.04. The van der Waals surface area contributed by atoms with E-state index in [0.29, 0.717) is 28.8 Å². The summed E-state index contributed by atoms with van der Waals surface area (Å²) in [6.45, 7) is 5.36. The number of nitrogens with zero attached hydrogens (tertiary/aromatic N) is 5. The topological polar surface area (TPSA) is 106 Å². The number of hydrogen-bond donors (Lipinski definition) is 1. The van der Waals surface area contributed by atoms with Crippen LogP contribution in [-0.2, 0) is 4.79 Å². The summed E-state index contributed by atoms with van der Waals surface area (Å²) in [6.07, 6.45) is 3.28. The molecular weight excluding hydrogens is 348 g/mol. The second kappa shape index (κ2) is 7.81. The first kappa shape index (κ1) is 18.3. The van der Waals surface area contributed by atoms with E-state index in [1.54, 1.807) is 43.7 Å². The molecule has 0 bridgehead atoms. The SMILES string of the molecule is CC(=O)N(C)c1cccnc1Nc1nc(-c2ccc(OC(C)C)cn2)no1. The lowest BCUT2D eigenvalue weighted by Gasteiger charge is -2.17. The fourth-order valence-electron chi connectivity index (χ4n) is 2.27. The van der Waals surface area contributed by atoms with Crippen LogP contribution in [-0.4, -0.2) is 39.2 Å². The normalized spacial score (nSPS) is 10.7. The highest BCUT2D eigenvalue weighted by molar-refractivity contribution is 5.94. The first-order valence-electron chi connectivity index (χ1n) is 8.37. The monoisotopic (exact) mass is 368 g/mol. The van der Waals surface area contributed by atoms with Gasteiger partial charge in [-0.1, -0.05) is 5.16 Å². The summed E-state index contributed by atoms with van der Waals surface area (Å²) in [5.74, 6) is 1.30. The third kappa shape index (κ3) is 4.38. The van der Waals surface area contributed by atoms with Crippen molar-refractivity contribution in [3.63, 3.8) is 0 Å². The molecule has 9 nitrogen and oxygen atoms in total. The standard InChI is InChI=1S/C18H20N6O3/c1-11(2)26-13-7-8-14(20-10-13)16-21-18(27-23-16)22-17-15(6-5-9-19-17)24(4)12(3)25/h5-11H,1-4H3,(H,19,21,22,23). The van der Waals surface area contributed by atoms with Gasteiger partial charge in [0, 0.05) is 20.2 Å². The van der Waals surface area contributed by atoms with Crippen LogP contribution in [0.15, 0.2) is 41.2 Å². The number of aromatic nitrogens is 4. The minimum Gasteiger partial charge on any atom is -0.489 e. The van der Waals surface area contributed by atoms with E-state index in [1.165, 1.54) is 11.8 Å². The number of amides is 1. The third-order valence-corrected chi connectivity index (χ3v) is 3.61. The van der Waals surface area contributed by atoms with E-state index in [0.717, 1.165) is 0 Å². The Morgan fingerprint density at radius 3 is 2.74 bits per heavy atom. The zero-order valence-electron chi connectivity index (χ0n) is 15.5. The highest BCUT2D eigenvalue weighted by atomic mass is 16.5. The number of pyridine rings is 2. The lowest BCUT2D eigenvalue weighted by Crippen LogP contribution is -2.24. The molecule has 140 valence electrons. The number of rotatable bonds is 6. The Kier molecular flexibility index (Phi) is 5.30. The molecule has 3 aromatic rings. The molecule has 3 rings (SSSR count). The lowest BCUT2D eigenvalue weighted by molar-refractivity contribution is -0.116. The van der Waals surface area contributed by atoms with Crippen molar-refractivity contribution >= 4 is 23.4 Å². The third-order valence-electron chi connectivity index (χ3n) is 3.61. The molecule has 0 aromatic carbocycles. The molecule has 1 N–H and O–H groups in total. The average Bonchev–Trinajstić information content (AvgIpc) is 3.10. The van der Waals surface area contributed by atoms with Crippen LogP contribution in [0.1, 0.15) is 20.8 Å². The van der Waals surface area contributed by atoms with Crippen molar-refractivity contribution < 1.29 is 14.1 Å². The minimum atomic E-state index is -0.120. The highest BCUT2D eigenvalue weighted by Gasteiger charge is 2.15. The zero-order valence-corrected chi connectivity index (χ0v) is 15.5. The number of nitrogens with one attached hydrogen (secondary N) is 1. The van der Waals surface area contributed by atoms with Gasteiger partial charge in [-0.2, -0.15) is 4.98 Å². The molecule has 0 saturated carbocycles. The molecule has 3 aromatic heterocycles. The van der Waals surface area contributed by atoms with E-state index in [9.17, 15) is 4.79 Å². The maximum absolute atomic E-state index is 11.6. The van der Waals surface area contributed by atoms with Crippen LogP contribution in [0.4, 0.5) is 17.5 Å². The van der Waals surface area contributed by atoms with Crippen molar-refractivity contribution in [2.24, 2.45) is 0 Å². The summed E-state index contributed by atoms with van der Waals surface area (Å²) in [4.78, 5) is 25.9. The number of hydrogen-bond acceptors (Lipinski definition) is 8. The van der Waals surface area contributed by atoms with Gasteiger partial charge in [0.05, 0.1) is 18.0 Å². The Labute approximate surface area is 156 Å². The van der Waals surface area contributed by atoms with Crippen molar-refractivity contribution in [3.05, 3.63) is 36.7 Å². The molecule has 1 amide bonds. The maximum Gasteiger partial charge on any atom is 0.327 e. The van der Waals surface area contributed by atoms with Gasteiger partial charge in [0.2, 0.25) is 11.7 Å². The van der Waals surface area contributed by atoms with Crippen molar-refractivity contribution in [2.75, 3.05) is 17.3 Å². The van der Waals surface area contributed by atoms with Gasteiger partial charge in [-0.15, -0.1) is 0 Å². The predicted molar refractivity (Wildman–Crippen MR) is 99.9 cm³/mol. The van der Waals surface area contributed by atoms with Crippen molar-refractivity contribution in [2.45, 2.75) is 26.9 Å². The van der Waals surface area contributed by atoms with Crippen LogP contribution < -0.4 is 15.0 Å². The van der Waals surface area contributed by atoms with Crippen LogP contribution in [0.3, 0.4) is 0 Å². The molecule has 0 aliphatic heterocycles. The van der Waals surface area contributed by atoms with Crippen LogP contribution in [0.5, 0.6) is 5.75 Å². The van der Waals surface area contributed by atoms with Gasteiger partial charge in [-0.25, -0.2) is 9.97 Å². The van der Waals surface area contributed by atoms with Gasteiger partial charge < -0.3 is 14.2 Å². The smallest absolute Gasteiger partial charge is 0.327 e. The molecule has 0 atom stereocenters. The Morgan fingerprint density at radius 2 is 2.07 bits per heavy atom. The molecule has 0 fully saturated rings. The summed E-state index contributed by atoms with van der Waals surface area (Å²) < 4.78 is 10.8. The van der Waals surface area contributed by atoms with Crippen LogP contribution in [0.25, 0.3) is 11.5 Å². The Morgan fingerprint density at radius 1 is 1.26 bits per heavy atom. The maximum atomic E-state index is 11.6. The second-order valence-corrected chi connectivity index (χ2v) is 6.04. The minimum absolute atomic E-state index is 0.0688. The molecule has 0 saturated heterocycles. The fraction of sp³-hybridized carbons (Fsp3) is 0.278. The zero-order chi connectivity index (χ0) is 19.4. The van der Waals surface area contributed by atoms with E-state index < -0.39 is 0 Å². The molecule has 9 heteroatoms. The van der Waals surface area contributed by atoms with Crippen LogP contribution in [0.2, 0.25) is 0 Å². The van der Waals surface area contributed by atoms with Crippen molar-refractivity contribution in [3.8, 4) is 17.3 Å². The number of carbonyl (C=O) groups excluding carboxylic acids is 1. The summed E-state index contributed by atoms with van der Waals surface area (Å²) in [5.41, 5.74) is 1.14. The molecular formula is C18H20N6O3. The molecule has 0 aliphatic rings. The first-order valence-corrected chi connectivity index (χ1v) is 8.37. The number of carbonyl (C=O) groups is 1. The quantitative estimate of drug-likeness (QED) is 0.707. The average molecular weight is 368 g/mol. The molecule has 3 heterocycles. The largest absolute Gasteiger partial charge is 0.489 e. The van der Waals surface area contributed by atoms with Crippen LogP contribution in [0, 0.1) is 0 Å². The van der Waals surface area contributed by atoms with Crippen molar-refractivity contribution in [1.82, 2.24) is 20.1 Å². The van der Waals surface area contributed by atoms with E-state index in [4.69, 9.17) is 9.26 Å². The van der Waals surface area contributed by atoms with E-state index in [-0.39, 0.29) is 18.0 Å². The van der Waals surface area contributed by atoms with Gasteiger partial charge in [0.25, 0.3) is 0 Å². The summed E-state index contributed by atoms with van der Waals surface area (Å²) in [7, 11) is 1.66. The first-order chi connectivity index (χ1) is 12.9. The van der Waals surface area contributed by atoms with E-state index in [1.807, 2.05) is 13.8 Å². The van der Waals surface area contributed by atoms with Gasteiger partial charge in [0.15, 0.2) is 5.82 Å². The molecule has 27 heavy (non-hydrogen) atoms. The molecule has 0 unspecified atom stereocenters. The Balaban J connectivity index is 1.78. The second-order valence-electron chi connectivity index (χ2n) is 6.04. The number of anilines is 3. The Hall–Kier alpha value is -3.49. The molecule has 0 radical (unpaired) electrons. The van der Waals surface area contributed by atoms with E-state index >= 15 is 0 Å². The highest BCUT2D eigenvalue weighted by Crippen LogP contribution is 2.26. The summed E-state index contributed by atoms with van der Waals surface area (Å²) >= 11 is 0. The van der Waals surface area contributed by atoms with Crippen molar-refractivity contribution in [1.29, 1.82) is 0 Å². The summed E-state index contributed by atoms with van der Waals surface area (Å²) in [5, 5.41) is 6.86. The van der Waals surface area contributed by atoms with Crippen LogP contribution >= 0.6 is 0 Å². The van der Waals surface area contributed by atoms with Gasteiger partial charge in [0.1, 0.15) is 11.4 Å².